The molecule has 3 rings (SSSR count). The van der Waals surface area contributed by atoms with Crippen LogP contribution in [0.4, 0.5) is 15.5 Å². The second-order valence-corrected chi connectivity index (χ2v) is 7.08. The van der Waals surface area contributed by atoms with Gasteiger partial charge in [0.15, 0.2) is 5.58 Å². The maximum atomic E-state index is 12.4. The zero-order valence-electron chi connectivity index (χ0n) is 13.1. The Kier molecular flexibility index (Phi) is 4.90. The Bertz CT molecular complexity index is 1090. The summed E-state index contributed by atoms with van der Waals surface area (Å²) in [6.45, 7) is 0. The molecule has 2 amide bonds. The summed E-state index contributed by atoms with van der Waals surface area (Å²) in [5.41, 5.74) is -0.700. The second kappa shape index (κ2) is 6.99. The van der Waals surface area contributed by atoms with Gasteiger partial charge in [0, 0.05) is 18.8 Å². The normalized spacial score (nSPS) is 10.7. The number of anilines is 2. The average molecular weight is 413 g/mol. The van der Waals surface area contributed by atoms with Crippen molar-refractivity contribution < 1.29 is 19.1 Å². The summed E-state index contributed by atoms with van der Waals surface area (Å²) in [6, 6.07) is 6.96. The highest BCUT2D eigenvalue weighted by Gasteiger charge is 2.17. The van der Waals surface area contributed by atoms with Gasteiger partial charge in [0.05, 0.1) is 14.7 Å². The highest BCUT2D eigenvalue weighted by Crippen LogP contribution is 2.31. The number of amides is 2. The van der Waals surface area contributed by atoms with E-state index < -0.39 is 23.2 Å². The van der Waals surface area contributed by atoms with Gasteiger partial charge in [-0.25, -0.2) is 14.4 Å². The number of carboxylic acid groups (broad SMARTS) is 1. The third kappa shape index (κ3) is 3.52. The van der Waals surface area contributed by atoms with Crippen LogP contribution in [0.25, 0.3) is 10.3 Å². The van der Waals surface area contributed by atoms with Crippen molar-refractivity contribution in [3.8, 4) is 0 Å². The SMILES string of the molecule is CN(C(=O)Nc1cc2oc(=O)c(C(=O)O)cc2s1)c1ccc(Cl)c(Cl)c1. The largest absolute Gasteiger partial charge is 0.477 e. The molecule has 0 bridgehead atoms. The number of carbonyl (C=O) groups excluding carboxylic acids is 1. The van der Waals surface area contributed by atoms with Crippen LogP contribution in [0.2, 0.25) is 10.0 Å². The molecule has 1 aromatic carbocycles. The van der Waals surface area contributed by atoms with E-state index in [4.69, 9.17) is 32.7 Å². The molecule has 0 unspecified atom stereocenters. The fourth-order valence-electron chi connectivity index (χ4n) is 2.12. The molecule has 0 saturated carbocycles. The Balaban J connectivity index is 1.85. The number of halogens is 2. The van der Waals surface area contributed by atoms with Gasteiger partial charge in [-0.15, -0.1) is 11.3 Å². The summed E-state index contributed by atoms with van der Waals surface area (Å²) < 4.78 is 5.39. The Morgan fingerprint density at radius 1 is 1.19 bits per heavy atom. The molecule has 7 nitrogen and oxygen atoms in total. The average Bonchev–Trinajstić information content (AvgIpc) is 2.96. The van der Waals surface area contributed by atoms with Crippen LogP contribution < -0.4 is 15.8 Å². The van der Waals surface area contributed by atoms with Gasteiger partial charge in [-0.3, -0.25) is 10.2 Å². The third-order valence-corrected chi connectivity index (χ3v) is 5.20. The van der Waals surface area contributed by atoms with E-state index in [2.05, 4.69) is 5.32 Å². The van der Waals surface area contributed by atoms with Crippen LogP contribution in [0, 0.1) is 0 Å². The molecule has 0 spiro atoms. The number of benzene rings is 1. The van der Waals surface area contributed by atoms with Gasteiger partial charge in [-0.05, 0) is 24.3 Å². The van der Waals surface area contributed by atoms with E-state index in [1.54, 1.807) is 25.2 Å². The first-order valence-corrected chi connectivity index (χ1v) is 8.64. The first-order valence-electron chi connectivity index (χ1n) is 7.07. The van der Waals surface area contributed by atoms with E-state index in [0.29, 0.717) is 25.4 Å². The van der Waals surface area contributed by atoms with Crippen molar-refractivity contribution in [3.05, 3.63) is 56.4 Å². The molecular formula is C16H10Cl2N2O5S. The van der Waals surface area contributed by atoms with Gasteiger partial charge in [-0.2, -0.15) is 0 Å². The Labute approximate surface area is 160 Å². The van der Waals surface area contributed by atoms with Crippen LogP contribution in [0.15, 0.2) is 39.5 Å². The lowest BCUT2D eigenvalue weighted by Crippen LogP contribution is -2.30. The molecule has 0 radical (unpaired) electrons. The summed E-state index contributed by atoms with van der Waals surface area (Å²) in [5.74, 6) is -1.38. The predicted octanol–water partition coefficient (Wildman–Crippen LogP) is 4.53. The number of thiophene rings is 1. The number of aromatic carboxylic acids is 1. The zero-order chi connectivity index (χ0) is 19.0. The molecule has 2 N–H and O–H groups in total. The minimum absolute atomic E-state index is 0.192. The first kappa shape index (κ1) is 18.2. The fraction of sp³-hybridized carbons (Fsp3) is 0.0625. The maximum absolute atomic E-state index is 12.4. The number of carboxylic acids is 1. The number of rotatable bonds is 3. The molecule has 0 atom stereocenters. The number of urea groups is 1. The van der Waals surface area contributed by atoms with Crippen LogP contribution >= 0.6 is 34.5 Å². The van der Waals surface area contributed by atoms with Gasteiger partial charge in [0.1, 0.15) is 10.6 Å². The smallest absolute Gasteiger partial charge is 0.351 e. The van der Waals surface area contributed by atoms with Crippen molar-refractivity contribution in [3.63, 3.8) is 0 Å². The number of carbonyl (C=O) groups is 2. The predicted molar refractivity (Wildman–Crippen MR) is 101 cm³/mol. The summed E-state index contributed by atoms with van der Waals surface area (Å²) in [6.07, 6.45) is 0. The number of hydrogen-bond donors (Lipinski definition) is 2. The van der Waals surface area contributed by atoms with E-state index in [0.717, 1.165) is 11.3 Å². The van der Waals surface area contributed by atoms with Crippen molar-refractivity contribution in [2.24, 2.45) is 0 Å². The number of nitrogens with one attached hydrogen (secondary N) is 1. The topological polar surface area (TPSA) is 99.9 Å². The van der Waals surface area contributed by atoms with E-state index in [-0.39, 0.29) is 5.58 Å². The molecule has 26 heavy (non-hydrogen) atoms. The van der Waals surface area contributed by atoms with Crippen LogP contribution in [-0.2, 0) is 0 Å². The van der Waals surface area contributed by atoms with E-state index in [9.17, 15) is 14.4 Å². The molecule has 0 saturated heterocycles. The highest BCUT2D eigenvalue weighted by atomic mass is 35.5. The summed E-state index contributed by atoms with van der Waals surface area (Å²) in [7, 11) is 1.55. The minimum atomic E-state index is -1.38. The van der Waals surface area contributed by atoms with E-state index in [1.165, 1.54) is 17.0 Å². The molecule has 0 aliphatic heterocycles. The first-order chi connectivity index (χ1) is 12.3. The van der Waals surface area contributed by atoms with Crippen molar-refractivity contribution in [2.75, 3.05) is 17.3 Å². The molecule has 2 heterocycles. The van der Waals surface area contributed by atoms with Crippen LogP contribution in [-0.4, -0.2) is 24.2 Å². The van der Waals surface area contributed by atoms with E-state index in [1.807, 2.05) is 0 Å². The lowest BCUT2D eigenvalue weighted by atomic mass is 10.3. The molecule has 0 aliphatic carbocycles. The Morgan fingerprint density at radius 2 is 1.92 bits per heavy atom. The standard InChI is InChI=1S/C16H10Cl2N2O5S/c1-20(7-2-3-9(17)10(18)4-7)16(24)19-13-6-11-12(26-13)5-8(14(21)22)15(23)25-11/h2-6H,1H3,(H,19,24)(H,21,22). The maximum Gasteiger partial charge on any atom is 0.351 e. The number of fused-ring (bicyclic) bond motifs is 1. The monoisotopic (exact) mass is 412 g/mol. The molecule has 0 aliphatic rings. The van der Waals surface area contributed by atoms with Gasteiger partial charge in [0.2, 0.25) is 0 Å². The second-order valence-electron chi connectivity index (χ2n) is 5.18. The lowest BCUT2D eigenvalue weighted by molar-refractivity contribution is 0.0692. The van der Waals surface area contributed by atoms with Gasteiger partial charge < -0.3 is 9.52 Å². The molecule has 134 valence electrons. The van der Waals surface area contributed by atoms with Crippen molar-refractivity contribution >= 4 is 67.5 Å². The summed E-state index contributed by atoms with van der Waals surface area (Å²) in [4.78, 5) is 36.3. The minimum Gasteiger partial charge on any atom is -0.477 e. The van der Waals surface area contributed by atoms with Crippen LogP contribution in [0.3, 0.4) is 0 Å². The van der Waals surface area contributed by atoms with Gasteiger partial charge in [-0.1, -0.05) is 23.2 Å². The highest BCUT2D eigenvalue weighted by molar-refractivity contribution is 7.22. The summed E-state index contributed by atoms with van der Waals surface area (Å²) in [5, 5.41) is 12.7. The summed E-state index contributed by atoms with van der Waals surface area (Å²) >= 11 is 12.9. The quantitative estimate of drug-likeness (QED) is 0.657. The lowest BCUT2D eigenvalue weighted by Gasteiger charge is -2.17. The molecule has 10 heteroatoms. The van der Waals surface area contributed by atoms with Crippen molar-refractivity contribution in [1.82, 2.24) is 0 Å². The van der Waals surface area contributed by atoms with Crippen LogP contribution in [0.1, 0.15) is 10.4 Å². The van der Waals surface area contributed by atoms with Gasteiger partial charge >= 0.3 is 17.6 Å². The molecular weight excluding hydrogens is 403 g/mol. The number of hydrogen-bond acceptors (Lipinski definition) is 5. The molecule has 2 aromatic heterocycles. The zero-order valence-corrected chi connectivity index (χ0v) is 15.4. The Hall–Kier alpha value is -2.55. The van der Waals surface area contributed by atoms with Crippen LogP contribution in [0.5, 0.6) is 0 Å². The third-order valence-electron chi connectivity index (χ3n) is 3.48. The number of nitrogens with zero attached hydrogens (tertiary/aromatic N) is 1. The van der Waals surface area contributed by atoms with Crippen molar-refractivity contribution in [1.29, 1.82) is 0 Å². The van der Waals surface area contributed by atoms with E-state index >= 15 is 0 Å². The Morgan fingerprint density at radius 3 is 2.58 bits per heavy atom. The molecule has 0 fully saturated rings. The molecule has 3 aromatic rings. The van der Waals surface area contributed by atoms with Crippen molar-refractivity contribution in [2.45, 2.75) is 0 Å². The van der Waals surface area contributed by atoms with Gasteiger partial charge in [0.25, 0.3) is 0 Å². The fourth-order valence-corrected chi connectivity index (χ4v) is 3.34.